The summed E-state index contributed by atoms with van der Waals surface area (Å²) >= 11 is 0. The van der Waals surface area contributed by atoms with Gasteiger partial charge in [-0.3, -0.25) is 0 Å². The highest BCUT2D eigenvalue weighted by Crippen LogP contribution is 2.28. The largest absolute Gasteiger partial charge is 0.383 e. The van der Waals surface area contributed by atoms with Crippen molar-refractivity contribution in [1.82, 2.24) is 10.1 Å². The van der Waals surface area contributed by atoms with E-state index < -0.39 is 6.10 Å². The standard InChI is InChI=1S/C9H14N2O3/c1-6-10-9(14-11-6)8(12)7-2-4-13-5-3-7/h7-8,12H,2-5H2,1H3. The van der Waals surface area contributed by atoms with Crippen molar-refractivity contribution in [2.75, 3.05) is 13.2 Å². The van der Waals surface area contributed by atoms with Gasteiger partial charge in [-0.1, -0.05) is 5.16 Å². The molecule has 0 bridgehead atoms. The van der Waals surface area contributed by atoms with Crippen LogP contribution in [0.2, 0.25) is 0 Å². The molecule has 2 rings (SSSR count). The zero-order valence-electron chi connectivity index (χ0n) is 8.14. The van der Waals surface area contributed by atoms with E-state index in [1.807, 2.05) is 0 Å². The second-order valence-corrected chi connectivity index (χ2v) is 3.57. The summed E-state index contributed by atoms with van der Waals surface area (Å²) in [5.74, 6) is 1.07. The summed E-state index contributed by atoms with van der Waals surface area (Å²) in [5.41, 5.74) is 0. The first-order valence-electron chi connectivity index (χ1n) is 4.83. The van der Waals surface area contributed by atoms with Crippen LogP contribution in [-0.4, -0.2) is 28.5 Å². The number of hydrogen-bond donors (Lipinski definition) is 1. The van der Waals surface area contributed by atoms with Crippen molar-refractivity contribution >= 4 is 0 Å². The minimum absolute atomic E-state index is 0.184. The zero-order valence-corrected chi connectivity index (χ0v) is 8.14. The third kappa shape index (κ3) is 1.93. The van der Waals surface area contributed by atoms with E-state index in [2.05, 4.69) is 10.1 Å². The fourth-order valence-corrected chi connectivity index (χ4v) is 1.67. The van der Waals surface area contributed by atoms with Crippen molar-refractivity contribution in [3.8, 4) is 0 Å². The van der Waals surface area contributed by atoms with Crippen LogP contribution in [0.15, 0.2) is 4.52 Å². The van der Waals surface area contributed by atoms with Gasteiger partial charge in [-0.15, -0.1) is 0 Å². The summed E-state index contributed by atoms with van der Waals surface area (Å²) in [6.45, 7) is 3.15. The van der Waals surface area contributed by atoms with Crippen LogP contribution in [0.3, 0.4) is 0 Å². The average Bonchev–Trinajstić information content (AvgIpc) is 2.65. The number of aromatic nitrogens is 2. The first kappa shape index (κ1) is 9.61. The Balaban J connectivity index is 2.03. The molecular formula is C9H14N2O3. The van der Waals surface area contributed by atoms with Gasteiger partial charge in [0.25, 0.3) is 5.89 Å². The molecule has 1 aromatic rings. The summed E-state index contributed by atoms with van der Waals surface area (Å²) in [7, 11) is 0. The maximum atomic E-state index is 9.91. The zero-order chi connectivity index (χ0) is 9.97. The second kappa shape index (κ2) is 4.06. The summed E-state index contributed by atoms with van der Waals surface area (Å²) in [5, 5.41) is 13.6. The summed E-state index contributed by atoms with van der Waals surface area (Å²) in [4.78, 5) is 4.02. The Hall–Kier alpha value is -0.940. The maximum Gasteiger partial charge on any atom is 0.255 e. The van der Waals surface area contributed by atoms with E-state index in [9.17, 15) is 5.11 Å². The number of ether oxygens (including phenoxy) is 1. The Morgan fingerprint density at radius 2 is 2.14 bits per heavy atom. The first-order chi connectivity index (χ1) is 6.77. The smallest absolute Gasteiger partial charge is 0.255 e. The quantitative estimate of drug-likeness (QED) is 0.762. The van der Waals surface area contributed by atoms with E-state index >= 15 is 0 Å². The van der Waals surface area contributed by atoms with Crippen molar-refractivity contribution < 1.29 is 14.4 Å². The Morgan fingerprint density at radius 3 is 2.71 bits per heavy atom. The van der Waals surface area contributed by atoms with E-state index in [1.54, 1.807) is 6.92 Å². The van der Waals surface area contributed by atoms with Crippen LogP contribution in [-0.2, 0) is 4.74 Å². The lowest BCUT2D eigenvalue weighted by Gasteiger charge is -2.24. The third-order valence-electron chi connectivity index (χ3n) is 2.51. The first-order valence-corrected chi connectivity index (χ1v) is 4.83. The van der Waals surface area contributed by atoms with Gasteiger partial charge in [-0.05, 0) is 25.7 Å². The van der Waals surface area contributed by atoms with Crippen LogP contribution in [0.4, 0.5) is 0 Å². The van der Waals surface area contributed by atoms with Crippen LogP contribution in [0, 0.1) is 12.8 Å². The van der Waals surface area contributed by atoms with Crippen LogP contribution < -0.4 is 0 Å². The molecule has 1 aliphatic rings. The predicted molar refractivity (Wildman–Crippen MR) is 47.5 cm³/mol. The van der Waals surface area contributed by atoms with E-state index in [0.717, 1.165) is 12.8 Å². The van der Waals surface area contributed by atoms with Crippen molar-refractivity contribution in [3.63, 3.8) is 0 Å². The van der Waals surface area contributed by atoms with Gasteiger partial charge in [0, 0.05) is 13.2 Å². The highest BCUT2D eigenvalue weighted by Gasteiger charge is 2.27. The van der Waals surface area contributed by atoms with Crippen LogP contribution in [0.5, 0.6) is 0 Å². The van der Waals surface area contributed by atoms with Crippen molar-refractivity contribution in [2.45, 2.75) is 25.9 Å². The normalized spacial score (nSPS) is 21.0. The average molecular weight is 198 g/mol. The lowest BCUT2D eigenvalue weighted by molar-refractivity contribution is -0.00545. The van der Waals surface area contributed by atoms with Crippen molar-refractivity contribution in [3.05, 3.63) is 11.7 Å². The molecule has 0 aromatic carbocycles. The van der Waals surface area contributed by atoms with Gasteiger partial charge in [0.1, 0.15) is 6.10 Å². The number of rotatable bonds is 2. The number of nitrogens with zero attached hydrogens (tertiary/aromatic N) is 2. The number of aliphatic hydroxyl groups excluding tert-OH is 1. The van der Waals surface area contributed by atoms with Crippen LogP contribution in [0.25, 0.3) is 0 Å². The fraction of sp³-hybridized carbons (Fsp3) is 0.778. The van der Waals surface area contributed by atoms with Gasteiger partial charge < -0.3 is 14.4 Å². The molecule has 5 nitrogen and oxygen atoms in total. The van der Waals surface area contributed by atoms with Gasteiger partial charge in [0.2, 0.25) is 0 Å². The minimum atomic E-state index is -0.639. The molecule has 5 heteroatoms. The molecule has 2 heterocycles. The molecule has 1 atom stereocenters. The van der Waals surface area contributed by atoms with E-state index in [0.29, 0.717) is 24.9 Å². The Bertz CT molecular complexity index is 294. The number of hydrogen-bond acceptors (Lipinski definition) is 5. The van der Waals surface area contributed by atoms with Gasteiger partial charge in [-0.25, -0.2) is 0 Å². The van der Waals surface area contributed by atoms with Gasteiger partial charge in [0.05, 0.1) is 0 Å². The molecular weight excluding hydrogens is 184 g/mol. The highest BCUT2D eigenvalue weighted by atomic mass is 16.5. The van der Waals surface area contributed by atoms with E-state index in [-0.39, 0.29) is 5.92 Å². The molecule has 0 spiro atoms. The molecule has 1 unspecified atom stereocenters. The lowest BCUT2D eigenvalue weighted by atomic mass is 9.94. The topological polar surface area (TPSA) is 68.4 Å². The van der Waals surface area contributed by atoms with E-state index in [4.69, 9.17) is 9.26 Å². The Kier molecular flexibility index (Phi) is 2.79. The molecule has 0 aliphatic carbocycles. The molecule has 78 valence electrons. The summed E-state index contributed by atoms with van der Waals surface area (Å²) in [6, 6.07) is 0. The molecule has 0 radical (unpaired) electrons. The molecule has 1 fully saturated rings. The molecule has 14 heavy (non-hydrogen) atoms. The Morgan fingerprint density at radius 1 is 1.43 bits per heavy atom. The molecule has 0 amide bonds. The lowest BCUT2D eigenvalue weighted by Crippen LogP contribution is -2.22. The molecule has 1 saturated heterocycles. The van der Waals surface area contributed by atoms with Crippen molar-refractivity contribution in [2.24, 2.45) is 5.92 Å². The molecule has 1 N–H and O–H groups in total. The van der Waals surface area contributed by atoms with Crippen molar-refractivity contribution in [1.29, 1.82) is 0 Å². The summed E-state index contributed by atoms with van der Waals surface area (Å²) in [6.07, 6.45) is 1.06. The predicted octanol–water partition coefficient (Wildman–Crippen LogP) is 0.838. The summed E-state index contributed by atoms with van der Waals surface area (Å²) < 4.78 is 10.1. The minimum Gasteiger partial charge on any atom is -0.383 e. The SMILES string of the molecule is Cc1noc(C(O)C2CCOCC2)n1. The van der Waals surface area contributed by atoms with Gasteiger partial charge in [0.15, 0.2) is 5.82 Å². The van der Waals surface area contributed by atoms with Crippen LogP contribution >= 0.6 is 0 Å². The highest BCUT2D eigenvalue weighted by molar-refractivity contribution is 4.90. The van der Waals surface area contributed by atoms with E-state index in [1.165, 1.54) is 0 Å². The van der Waals surface area contributed by atoms with Gasteiger partial charge >= 0.3 is 0 Å². The number of aliphatic hydroxyl groups is 1. The third-order valence-corrected chi connectivity index (χ3v) is 2.51. The fourth-order valence-electron chi connectivity index (χ4n) is 1.67. The van der Waals surface area contributed by atoms with Gasteiger partial charge in [-0.2, -0.15) is 4.98 Å². The van der Waals surface area contributed by atoms with Crippen LogP contribution in [0.1, 0.15) is 30.7 Å². The Labute approximate surface area is 82.1 Å². The molecule has 1 aliphatic heterocycles. The molecule has 1 aromatic heterocycles. The number of aryl methyl sites for hydroxylation is 1. The maximum absolute atomic E-state index is 9.91. The second-order valence-electron chi connectivity index (χ2n) is 3.57. The monoisotopic (exact) mass is 198 g/mol. The molecule has 0 saturated carbocycles.